The van der Waals surface area contributed by atoms with Gasteiger partial charge in [-0.25, -0.2) is 9.78 Å². The lowest BCUT2D eigenvalue weighted by Crippen LogP contribution is -2.39. The van der Waals surface area contributed by atoms with Crippen LogP contribution in [-0.4, -0.2) is 46.6 Å². The highest BCUT2D eigenvalue weighted by Gasteiger charge is 2.48. The average Bonchev–Trinajstić information content (AvgIpc) is 3.57. The molecule has 188 valence electrons. The van der Waals surface area contributed by atoms with Crippen LogP contribution in [0.2, 0.25) is 0 Å². The summed E-state index contributed by atoms with van der Waals surface area (Å²) in [4.78, 5) is 30.2. The number of carbonyl (C=O) groups is 2. The van der Waals surface area contributed by atoms with Crippen molar-refractivity contribution in [3.63, 3.8) is 0 Å². The van der Waals surface area contributed by atoms with Gasteiger partial charge >= 0.3 is 5.97 Å². The molecule has 1 atom stereocenters. The smallest absolute Gasteiger partial charge is 0.335 e. The number of nitrogens with zero attached hydrogens (tertiary/aromatic N) is 2. The molecule has 7 nitrogen and oxygen atoms in total. The molecular formula is C30H29N3O4. The maximum atomic E-state index is 13.5. The lowest BCUT2D eigenvalue weighted by molar-refractivity contribution is -0.129. The second-order valence-electron chi connectivity index (χ2n) is 10.2. The molecule has 6 rings (SSSR count). The average molecular weight is 496 g/mol. The van der Waals surface area contributed by atoms with E-state index in [2.05, 4.69) is 22.0 Å². The number of methoxy groups -OCH3 is 1. The predicted octanol–water partition coefficient (Wildman–Crippen LogP) is 5.04. The fourth-order valence-corrected chi connectivity index (χ4v) is 5.48. The van der Waals surface area contributed by atoms with Crippen molar-refractivity contribution < 1.29 is 19.4 Å². The number of carboxylic acid groups (broad SMARTS) is 1. The van der Waals surface area contributed by atoms with E-state index in [1.807, 2.05) is 36.4 Å². The van der Waals surface area contributed by atoms with Crippen molar-refractivity contribution in [2.75, 3.05) is 20.2 Å². The monoisotopic (exact) mass is 495 g/mol. The van der Waals surface area contributed by atoms with Gasteiger partial charge in [0.15, 0.2) is 0 Å². The molecule has 2 aliphatic rings. The molecule has 7 heteroatoms. The van der Waals surface area contributed by atoms with E-state index in [1.54, 1.807) is 25.3 Å². The van der Waals surface area contributed by atoms with Crippen LogP contribution in [0.15, 0.2) is 66.7 Å². The van der Waals surface area contributed by atoms with Gasteiger partial charge in [-0.15, -0.1) is 0 Å². The Morgan fingerprint density at radius 1 is 1.03 bits per heavy atom. The Hall–Kier alpha value is -3.97. The van der Waals surface area contributed by atoms with Crippen LogP contribution in [0.25, 0.3) is 33.5 Å². The summed E-state index contributed by atoms with van der Waals surface area (Å²) in [7, 11) is 1.65. The van der Waals surface area contributed by atoms with Crippen molar-refractivity contribution in [2.45, 2.75) is 25.8 Å². The molecule has 0 amide bonds. The van der Waals surface area contributed by atoms with Crippen LogP contribution in [0.5, 0.6) is 5.75 Å². The normalized spacial score (nSPS) is 19.3. The number of ether oxygens (including phenoxy) is 1. The number of benzene rings is 3. The Balaban J connectivity index is 1.43. The van der Waals surface area contributed by atoms with Crippen LogP contribution < -0.4 is 10.1 Å². The van der Waals surface area contributed by atoms with Gasteiger partial charge < -0.3 is 19.7 Å². The van der Waals surface area contributed by atoms with Gasteiger partial charge in [0.1, 0.15) is 17.4 Å². The standard InChI is InChI=1S/C30H29N3O4/c1-37-24-11-8-20(9-12-24)19-2-6-22(7-3-19)28-32-25-13-10-23(29(35)36)16-26(25)33(28)18-30(14-15-31-17-30)27(34)21-4-5-21/h2-3,6-13,16,21,31H,4-5,14-15,17-18H2,1H3,(H,35,36)/t30-/m0/s1. The number of aromatic carboxylic acids is 1. The van der Waals surface area contributed by atoms with E-state index in [4.69, 9.17) is 9.72 Å². The third kappa shape index (κ3) is 4.29. The third-order valence-electron chi connectivity index (χ3n) is 7.74. The zero-order valence-corrected chi connectivity index (χ0v) is 20.7. The first kappa shape index (κ1) is 23.4. The van der Waals surface area contributed by atoms with E-state index in [0.29, 0.717) is 18.9 Å². The molecule has 0 radical (unpaired) electrons. The number of aromatic nitrogens is 2. The van der Waals surface area contributed by atoms with E-state index in [-0.39, 0.29) is 11.5 Å². The maximum absolute atomic E-state index is 13.5. The second kappa shape index (κ2) is 9.16. The van der Waals surface area contributed by atoms with Crippen molar-refractivity contribution in [3.05, 3.63) is 72.3 Å². The summed E-state index contributed by atoms with van der Waals surface area (Å²) in [6.45, 7) is 1.91. The van der Waals surface area contributed by atoms with E-state index < -0.39 is 11.4 Å². The number of nitrogens with one attached hydrogen (secondary N) is 1. The van der Waals surface area contributed by atoms with Crippen LogP contribution in [0.1, 0.15) is 29.6 Å². The Morgan fingerprint density at radius 3 is 2.30 bits per heavy atom. The van der Waals surface area contributed by atoms with Gasteiger partial charge in [-0.05, 0) is 67.3 Å². The topological polar surface area (TPSA) is 93.4 Å². The molecule has 0 bridgehead atoms. The summed E-state index contributed by atoms with van der Waals surface area (Å²) in [6, 6.07) is 21.1. The number of carboxylic acids is 1. The Bertz CT molecular complexity index is 1480. The fraction of sp³-hybridized carbons (Fsp3) is 0.300. The minimum atomic E-state index is -0.980. The van der Waals surface area contributed by atoms with E-state index in [1.165, 1.54) is 0 Å². The molecule has 1 aromatic heterocycles. The number of rotatable bonds is 8. The first-order chi connectivity index (χ1) is 18.0. The van der Waals surface area contributed by atoms with Gasteiger partial charge in [0.2, 0.25) is 0 Å². The zero-order valence-electron chi connectivity index (χ0n) is 20.7. The largest absolute Gasteiger partial charge is 0.497 e. The SMILES string of the molecule is COc1ccc(-c2ccc(-c3nc4ccc(C(=O)O)cc4n3C[C@]3(C(=O)C4CC4)CCNC3)cc2)cc1. The number of ketones is 1. The number of Topliss-reactive ketones (excluding diaryl/α,β-unsaturated/α-hetero) is 1. The van der Waals surface area contributed by atoms with E-state index >= 15 is 0 Å². The number of hydrogen-bond acceptors (Lipinski definition) is 5. The fourth-order valence-electron chi connectivity index (χ4n) is 5.48. The van der Waals surface area contributed by atoms with Crippen LogP contribution in [0.3, 0.4) is 0 Å². The molecule has 2 heterocycles. The highest BCUT2D eigenvalue weighted by Crippen LogP contribution is 2.42. The third-order valence-corrected chi connectivity index (χ3v) is 7.74. The lowest BCUT2D eigenvalue weighted by atomic mass is 9.80. The van der Waals surface area contributed by atoms with Crippen molar-refractivity contribution >= 4 is 22.8 Å². The highest BCUT2D eigenvalue weighted by atomic mass is 16.5. The van der Waals surface area contributed by atoms with E-state index in [0.717, 1.165) is 65.1 Å². The van der Waals surface area contributed by atoms with Gasteiger partial charge in [0, 0.05) is 24.6 Å². The van der Waals surface area contributed by atoms with Crippen LogP contribution in [0, 0.1) is 11.3 Å². The Morgan fingerprint density at radius 2 is 1.70 bits per heavy atom. The molecule has 37 heavy (non-hydrogen) atoms. The summed E-state index contributed by atoms with van der Waals surface area (Å²) >= 11 is 0. The van der Waals surface area contributed by atoms with E-state index in [9.17, 15) is 14.7 Å². The molecule has 3 aromatic carbocycles. The van der Waals surface area contributed by atoms with Crippen molar-refractivity contribution in [1.82, 2.24) is 14.9 Å². The minimum Gasteiger partial charge on any atom is -0.497 e. The molecule has 1 saturated heterocycles. The summed E-state index contributed by atoms with van der Waals surface area (Å²) in [6.07, 6.45) is 2.71. The molecule has 1 saturated carbocycles. The number of imidazole rings is 1. The van der Waals surface area contributed by atoms with Crippen molar-refractivity contribution in [2.24, 2.45) is 11.3 Å². The molecule has 0 unspecified atom stereocenters. The molecule has 4 aromatic rings. The van der Waals surface area contributed by atoms with Gasteiger partial charge in [-0.3, -0.25) is 4.79 Å². The van der Waals surface area contributed by atoms with Crippen LogP contribution >= 0.6 is 0 Å². The van der Waals surface area contributed by atoms with Gasteiger partial charge in [-0.2, -0.15) is 0 Å². The van der Waals surface area contributed by atoms with Crippen molar-refractivity contribution in [1.29, 1.82) is 0 Å². The first-order valence-electron chi connectivity index (χ1n) is 12.7. The molecule has 0 spiro atoms. The predicted molar refractivity (Wildman–Crippen MR) is 142 cm³/mol. The van der Waals surface area contributed by atoms with Gasteiger partial charge in [0.05, 0.1) is 29.1 Å². The van der Waals surface area contributed by atoms with Gasteiger partial charge in [0.25, 0.3) is 0 Å². The quantitative estimate of drug-likeness (QED) is 0.356. The maximum Gasteiger partial charge on any atom is 0.335 e. The molecule has 1 aliphatic carbocycles. The Labute approximate surface area is 215 Å². The summed E-state index contributed by atoms with van der Waals surface area (Å²) in [5.74, 6) is 1.05. The van der Waals surface area contributed by atoms with Crippen LogP contribution in [0.4, 0.5) is 0 Å². The molecule has 2 fully saturated rings. The first-order valence-corrected chi connectivity index (χ1v) is 12.7. The number of carbonyl (C=O) groups excluding carboxylic acids is 1. The molecule has 2 N–H and O–H groups in total. The summed E-state index contributed by atoms with van der Waals surface area (Å²) < 4.78 is 7.34. The van der Waals surface area contributed by atoms with Crippen molar-refractivity contribution in [3.8, 4) is 28.3 Å². The second-order valence-corrected chi connectivity index (χ2v) is 10.2. The lowest BCUT2D eigenvalue weighted by Gasteiger charge is -2.28. The zero-order chi connectivity index (χ0) is 25.6. The number of hydrogen-bond donors (Lipinski definition) is 2. The minimum absolute atomic E-state index is 0.150. The summed E-state index contributed by atoms with van der Waals surface area (Å²) in [5.41, 5.74) is 4.24. The molecule has 1 aliphatic heterocycles. The van der Waals surface area contributed by atoms with Crippen LogP contribution in [-0.2, 0) is 11.3 Å². The molecular weight excluding hydrogens is 466 g/mol. The van der Waals surface area contributed by atoms with Gasteiger partial charge in [-0.1, -0.05) is 36.4 Å². The summed E-state index contributed by atoms with van der Waals surface area (Å²) in [5, 5.41) is 13.0. The number of fused-ring (bicyclic) bond motifs is 1. The Kier molecular flexibility index (Phi) is 5.80. The highest BCUT2D eigenvalue weighted by molar-refractivity contribution is 5.94.